The van der Waals surface area contributed by atoms with Crippen LogP contribution in [0.1, 0.15) is 32.2 Å². The highest BCUT2D eigenvalue weighted by atomic mass is 32.1. The van der Waals surface area contributed by atoms with E-state index in [0.29, 0.717) is 15.8 Å². The molecular weight excluding hydrogens is 288 g/mol. The summed E-state index contributed by atoms with van der Waals surface area (Å²) in [6.07, 6.45) is 1.33. The molecule has 0 aliphatic heterocycles. The van der Waals surface area contributed by atoms with E-state index < -0.39 is 5.97 Å². The van der Waals surface area contributed by atoms with Crippen LogP contribution >= 0.6 is 22.9 Å². The minimum atomic E-state index is -0.529. The molecule has 2 aromatic rings. The second-order valence-electron chi connectivity index (χ2n) is 3.35. The zero-order chi connectivity index (χ0) is 13.8. The Balaban J connectivity index is 2.06. The Morgan fingerprint density at radius 3 is 2.89 bits per heavy atom. The first-order valence-corrected chi connectivity index (χ1v) is 6.93. The number of hydrogen-bond donors (Lipinski definition) is 1. The minimum absolute atomic E-state index is 0.153. The van der Waals surface area contributed by atoms with E-state index >= 15 is 0 Å². The number of ether oxygens (including phenoxy) is 1. The lowest BCUT2D eigenvalue weighted by Gasteiger charge is -1.97. The lowest BCUT2D eigenvalue weighted by Crippen LogP contribution is -2.09. The van der Waals surface area contributed by atoms with Crippen LogP contribution in [0.3, 0.4) is 0 Å². The van der Waals surface area contributed by atoms with Crippen molar-refractivity contribution in [1.82, 2.24) is 14.3 Å². The second-order valence-corrected chi connectivity index (χ2v) is 5.13. The van der Waals surface area contributed by atoms with E-state index in [0.717, 1.165) is 22.9 Å². The molecule has 7 nitrogen and oxygen atoms in total. The molecule has 0 aliphatic rings. The summed E-state index contributed by atoms with van der Waals surface area (Å²) in [7, 11) is 0. The number of anilines is 1. The first kappa shape index (κ1) is 13.6. The van der Waals surface area contributed by atoms with Crippen molar-refractivity contribution in [3.05, 3.63) is 21.9 Å². The summed E-state index contributed by atoms with van der Waals surface area (Å²) in [5.74, 6) is -0.306. The number of hydrogen-bond acceptors (Lipinski definition) is 8. The molecule has 2 heterocycles. The van der Waals surface area contributed by atoms with Gasteiger partial charge in [0.25, 0.3) is 5.91 Å². The van der Waals surface area contributed by atoms with Gasteiger partial charge in [0.15, 0.2) is 0 Å². The molecule has 0 aliphatic carbocycles. The van der Waals surface area contributed by atoms with Gasteiger partial charge in [-0.15, -0.1) is 11.3 Å². The van der Waals surface area contributed by atoms with Crippen LogP contribution in [0, 0.1) is 6.92 Å². The number of carbonyl (C=O) groups excluding carboxylic acids is 2. The fraction of sp³-hybridized carbons (Fsp3) is 0.300. The van der Waals surface area contributed by atoms with Crippen molar-refractivity contribution in [2.24, 2.45) is 0 Å². The Kier molecular flexibility index (Phi) is 4.17. The van der Waals surface area contributed by atoms with E-state index in [2.05, 4.69) is 19.7 Å². The maximum absolute atomic E-state index is 11.9. The number of amides is 1. The SMILES string of the molecule is CCOC(=O)c1ncc(C(=O)Nc2nc(C)ns2)s1. The first-order valence-electron chi connectivity index (χ1n) is 5.34. The van der Waals surface area contributed by atoms with Crippen LogP contribution < -0.4 is 5.32 Å². The highest BCUT2D eigenvalue weighted by Crippen LogP contribution is 2.17. The van der Waals surface area contributed by atoms with Crippen molar-refractivity contribution in [3.63, 3.8) is 0 Å². The largest absolute Gasteiger partial charge is 0.461 e. The Morgan fingerprint density at radius 1 is 1.47 bits per heavy atom. The van der Waals surface area contributed by atoms with E-state index in [1.54, 1.807) is 13.8 Å². The number of carbonyl (C=O) groups is 2. The first-order chi connectivity index (χ1) is 9.10. The summed E-state index contributed by atoms with van der Waals surface area (Å²) in [6.45, 7) is 3.71. The molecular formula is C10H10N4O3S2. The molecule has 19 heavy (non-hydrogen) atoms. The van der Waals surface area contributed by atoms with Gasteiger partial charge in [-0.25, -0.2) is 14.8 Å². The van der Waals surface area contributed by atoms with Gasteiger partial charge in [0.05, 0.1) is 12.8 Å². The summed E-state index contributed by atoms with van der Waals surface area (Å²) in [6, 6.07) is 0. The van der Waals surface area contributed by atoms with Gasteiger partial charge in [-0.1, -0.05) is 0 Å². The van der Waals surface area contributed by atoms with Crippen molar-refractivity contribution in [2.45, 2.75) is 13.8 Å². The smallest absolute Gasteiger partial charge is 0.367 e. The van der Waals surface area contributed by atoms with Crippen molar-refractivity contribution >= 4 is 39.9 Å². The standard InChI is InChI=1S/C10H10N4O3S2/c1-3-17-9(16)8-11-4-6(18-8)7(15)13-10-12-5(2)14-19-10/h4H,3H2,1-2H3,(H,12,13,14,15). The molecule has 0 saturated heterocycles. The van der Waals surface area contributed by atoms with E-state index in [1.807, 2.05) is 0 Å². The van der Waals surface area contributed by atoms with Crippen LogP contribution in [-0.4, -0.2) is 32.8 Å². The van der Waals surface area contributed by atoms with Crippen molar-refractivity contribution in [1.29, 1.82) is 0 Å². The topological polar surface area (TPSA) is 94.1 Å². The molecule has 100 valence electrons. The minimum Gasteiger partial charge on any atom is -0.461 e. The predicted octanol–water partition coefficient (Wildman–Crippen LogP) is 1.73. The van der Waals surface area contributed by atoms with Gasteiger partial charge < -0.3 is 4.74 Å². The van der Waals surface area contributed by atoms with E-state index in [9.17, 15) is 9.59 Å². The lowest BCUT2D eigenvalue weighted by atomic mass is 10.5. The van der Waals surface area contributed by atoms with Crippen molar-refractivity contribution < 1.29 is 14.3 Å². The molecule has 9 heteroatoms. The molecule has 2 rings (SSSR count). The Bertz CT molecular complexity index is 607. The Labute approximate surface area is 116 Å². The zero-order valence-corrected chi connectivity index (χ0v) is 11.8. The second kappa shape index (κ2) is 5.85. The third-order valence-electron chi connectivity index (χ3n) is 1.93. The highest BCUT2D eigenvalue weighted by Gasteiger charge is 2.17. The highest BCUT2D eigenvalue weighted by molar-refractivity contribution is 7.15. The van der Waals surface area contributed by atoms with Crippen molar-refractivity contribution in [2.75, 3.05) is 11.9 Å². The van der Waals surface area contributed by atoms with Crippen LogP contribution in [0.15, 0.2) is 6.20 Å². The van der Waals surface area contributed by atoms with Crippen LogP contribution in [0.25, 0.3) is 0 Å². The van der Waals surface area contributed by atoms with Gasteiger partial charge in [-0.3, -0.25) is 10.1 Å². The molecule has 0 radical (unpaired) electrons. The maximum atomic E-state index is 11.9. The Morgan fingerprint density at radius 2 is 2.26 bits per heavy atom. The average molecular weight is 298 g/mol. The Hall–Kier alpha value is -1.87. The number of nitrogens with zero attached hydrogens (tertiary/aromatic N) is 3. The number of aryl methyl sites for hydroxylation is 1. The third kappa shape index (κ3) is 3.32. The molecule has 0 fully saturated rings. The molecule has 0 saturated carbocycles. The molecule has 0 bridgehead atoms. The van der Waals surface area contributed by atoms with E-state index in [1.165, 1.54) is 6.20 Å². The summed E-state index contributed by atoms with van der Waals surface area (Å²) >= 11 is 2.07. The summed E-state index contributed by atoms with van der Waals surface area (Å²) in [5, 5.41) is 3.15. The van der Waals surface area contributed by atoms with Gasteiger partial charge >= 0.3 is 5.97 Å². The number of aromatic nitrogens is 3. The predicted molar refractivity (Wildman–Crippen MR) is 70.7 cm³/mol. The number of rotatable bonds is 4. The summed E-state index contributed by atoms with van der Waals surface area (Å²) in [5.41, 5.74) is 0. The lowest BCUT2D eigenvalue weighted by molar-refractivity contribution is 0.0526. The molecule has 0 atom stereocenters. The zero-order valence-electron chi connectivity index (χ0n) is 10.2. The van der Waals surface area contributed by atoms with Gasteiger partial charge in [0.1, 0.15) is 10.7 Å². The van der Waals surface area contributed by atoms with Gasteiger partial charge in [0.2, 0.25) is 10.1 Å². The molecule has 1 N–H and O–H groups in total. The normalized spacial score (nSPS) is 10.2. The fourth-order valence-corrected chi connectivity index (χ4v) is 2.45. The van der Waals surface area contributed by atoms with Crippen LogP contribution in [0.2, 0.25) is 0 Å². The number of nitrogens with one attached hydrogen (secondary N) is 1. The summed E-state index contributed by atoms with van der Waals surface area (Å²) < 4.78 is 8.75. The third-order valence-corrected chi connectivity index (χ3v) is 3.63. The fourth-order valence-electron chi connectivity index (χ4n) is 1.17. The van der Waals surface area contributed by atoms with Crippen LogP contribution in [-0.2, 0) is 4.74 Å². The molecule has 0 aromatic carbocycles. The molecule has 0 unspecified atom stereocenters. The van der Waals surface area contributed by atoms with E-state index in [-0.39, 0.29) is 17.5 Å². The van der Waals surface area contributed by atoms with Crippen LogP contribution in [0.5, 0.6) is 0 Å². The monoisotopic (exact) mass is 298 g/mol. The number of esters is 1. The van der Waals surface area contributed by atoms with Gasteiger partial charge in [-0.2, -0.15) is 4.37 Å². The maximum Gasteiger partial charge on any atom is 0.367 e. The molecule has 0 spiro atoms. The quantitative estimate of drug-likeness (QED) is 0.864. The van der Waals surface area contributed by atoms with Crippen molar-refractivity contribution in [3.8, 4) is 0 Å². The average Bonchev–Trinajstić information content (AvgIpc) is 2.98. The molecule has 1 amide bonds. The van der Waals surface area contributed by atoms with Gasteiger partial charge in [-0.05, 0) is 13.8 Å². The summed E-state index contributed by atoms with van der Waals surface area (Å²) in [4.78, 5) is 31.5. The molecule has 2 aromatic heterocycles. The number of thiazole rings is 1. The van der Waals surface area contributed by atoms with Crippen LogP contribution in [0.4, 0.5) is 5.13 Å². The van der Waals surface area contributed by atoms with E-state index in [4.69, 9.17) is 4.74 Å². The van der Waals surface area contributed by atoms with Gasteiger partial charge in [0, 0.05) is 11.5 Å².